The van der Waals surface area contributed by atoms with Crippen molar-refractivity contribution in [2.45, 2.75) is 89.5 Å². The number of epoxide rings is 1. The highest BCUT2D eigenvalue weighted by Crippen LogP contribution is 2.63. The molecule has 152 valence electrons. The van der Waals surface area contributed by atoms with Crippen LogP contribution in [0.25, 0.3) is 0 Å². The van der Waals surface area contributed by atoms with Crippen LogP contribution in [0.15, 0.2) is 23.8 Å². The average molecular weight is 379 g/mol. The van der Waals surface area contributed by atoms with Crippen molar-refractivity contribution in [1.82, 2.24) is 0 Å². The Morgan fingerprint density at radius 1 is 1.15 bits per heavy atom. The highest BCUT2D eigenvalue weighted by atomic mass is 16.6. The molecule has 4 N–H and O–H groups in total. The van der Waals surface area contributed by atoms with Gasteiger partial charge in [-0.05, 0) is 60.8 Å². The molecule has 3 fully saturated rings. The standard InChI is InChI=1S/C22H34O5/c1-11-6-7-14-20(3,4)15(23)8-9-21(14,5)13(11)10-22-18(26)16(24)12(2)17(25)19(22)27-22/h6,13-19,23-26H,2,7-10H2,1,3-5H3/t13-,14-,15-,16-,17+,18+,19+,21+,22-/m0/s1. The Labute approximate surface area is 161 Å². The maximum absolute atomic E-state index is 10.8. The molecule has 0 aromatic rings. The fourth-order valence-corrected chi connectivity index (χ4v) is 6.64. The molecule has 0 unspecified atom stereocenters. The summed E-state index contributed by atoms with van der Waals surface area (Å²) in [4.78, 5) is 0. The summed E-state index contributed by atoms with van der Waals surface area (Å²) in [6.45, 7) is 12.5. The Morgan fingerprint density at radius 3 is 2.48 bits per heavy atom. The molecule has 1 saturated heterocycles. The van der Waals surface area contributed by atoms with Crippen LogP contribution in [0.4, 0.5) is 0 Å². The summed E-state index contributed by atoms with van der Waals surface area (Å²) in [6.07, 6.45) is 1.50. The number of allylic oxidation sites excluding steroid dienone is 2. The van der Waals surface area contributed by atoms with Crippen molar-refractivity contribution in [3.8, 4) is 0 Å². The highest BCUT2D eigenvalue weighted by molar-refractivity contribution is 5.32. The summed E-state index contributed by atoms with van der Waals surface area (Å²) >= 11 is 0. The second kappa shape index (κ2) is 5.90. The first-order chi connectivity index (χ1) is 12.5. The van der Waals surface area contributed by atoms with Gasteiger partial charge in [0.15, 0.2) is 0 Å². The molecule has 0 amide bonds. The zero-order valence-corrected chi connectivity index (χ0v) is 16.9. The summed E-state index contributed by atoms with van der Waals surface area (Å²) in [7, 11) is 0. The van der Waals surface area contributed by atoms with E-state index >= 15 is 0 Å². The number of fused-ring (bicyclic) bond motifs is 2. The van der Waals surface area contributed by atoms with Crippen molar-refractivity contribution in [1.29, 1.82) is 0 Å². The molecule has 5 nitrogen and oxygen atoms in total. The Bertz CT molecular complexity index is 684. The SMILES string of the molecule is C=C1[C@@H](O)[C@H]2O[C@@]2(C[C@H]2C(C)=CC[C@H]3C(C)(C)[C@@H](O)CC[C@]23C)[C@H](O)[C@H]1O. The summed E-state index contributed by atoms with van der Waals surface area (Å²) < 4.78 is 5.88. The molecule has 0 spiro atoms. The lowest BCUT2D eigenvalue weighted by molar-refractivity contribution is -0.123. The summed E-state index contributed by atoms with van der Waals surface area (Å²) in [5.74, 6) is 0.509. The maximum Gasteiger partial charge on any atom is 0.127 e. The van der Waals surface area contributed by atoms with Crippen molar-refractivity contribution in [3.63, 3.8) is 0 Å². The van der Waals surface area contributed by atoms with Crippen LogP contribution >= 0.6 is 0 Å². The van der Waals surface area contributed by atoms with Gasteiger partial charge in [-0.3, -0.25) is 0 Å². The van der Waals surface area contributed by atoms with Crippen molar-refractivity contribution in [2.75, 3.05) is 0 Å². The lowest BCUT2D eigenvalue weighted by Gasteiger charge is -2.59. The summed E-state index contributed by atoms with van der Waals surface area (Å²) in [5.41, 5.74) is 0.414. The highest BCUT2D eigenvalue weighted by Gasteiger charge is 2.71. The maximum atomic E-state index is 10.8. The zero-order valence-electron chi connectivity index (χ0n) is 16.9. The summed E-state index contributed by atoms with van der Waals surface area (Å²) in [6, 6.07) is 0. The Kier molecular flexibility index (Phi) is 4.28. The number of hydrogen-bond donors (Lipinski definition) is 4. The van der Waals surface area contributed by atoms with Crippen molar-refractivity contribution < 1.29 is 25.2 Å². The second-order valence-corrected chi connectivity index (χ2v) is 10.3. The van der Waals surface area contributed by atoms with Gasteiger partial charge >= 0.3 is 0 Å². The van der Waals surface area contributed by atoms with Gasteiger partial charge in [0.05, 0.1) is 6.10 Å². The Hall–Kier alpha value is -0.720. The predicted molar refractivity (Wildman–Crippen MR) is 102 cm³/mol. The largest absolute Gasteiger partial charge is 0.393 e. The van der Waals surface area contributed by atoms with Crippen molar-refractivity contribution >= 4 is 0 Å². The molecule has 0 bridgehead atoms. The van der Waals surface area contributed by atoms with E-state index in [-0.39, 0.29) is 28.4 Å². The average Bonchev–Trinajstić information content (AvgIpc) is 3.34. The van der Waals surface area contributed by atoms with Crippen LogP contribution in [-0.4, -0.2) is 56.5 Å². The first kappa shape index (κ1) is 19.6. The molecule has 27 heavy (non-hydrogen) atoms. The number of aliphatic hydroxyl groups excluding tert-OH is 4. The van der Waals surface area contributed by atoms with Gasteiger partial charge in [-0.2, -0.15) is 0 Å². The molecule has 1 aliphatic heterocycles. The molecule has 0 aromatic carbocycles. The smallest absolute Gasteiger partial charge is 0.127 e. The van der Waals surface area contributed by atoms with Crippen LogP contribution in [-0.2, 0) is 4.74 Å². The predicted octanol–water partition coefficient (Wildman–Crippen LogP) is 1.94. The van der Waals surface area contributed by atoms with Gasteiger partial charge in [0.2, 0.25) is 0 Å². The van der Waals surface area contributed by atoms with Gasteiger partial charge in [-0.25, -0.2) is 0 Å². The lowest BCUT2D eigenvalue weighted by atomic mass is 9.47. The quantitative estimate of drug-likeness (QED) is 0.435. The van der Waals surface area contributed by atoms with E-state index in [2.05, 4.69) is 40.3 Å². The van der Waals surface area contributed by atoms with Crippen LogP contribution in [0.2, 0.25) is 0 Å². The fourth-order valence-electron chi connectivity index (χ4n) is 6.64. The second-order valence-electron chi connectivity index (χ2n) is 10.3. The zero-order chi connectivity index (χ0) is 19.9. The number of rotatable bonds is 2. The molecule has 4 rings (SSSR count). The first-order valence-electron chi connectivity index (χ1n) is 10.2. The van der Waals surface area contributed by atoms with Gasteiger partial charge in [-0.15, -0.1) is 0 Å². The third-order valence-corrected chi connectivity index (χ3v) is 8.67. The molecular formula is C22H34O5. The van der Waals surface area contributed by atoms with E-state index in [0.717, 1.165) is 19.3 Å². The van der Waals surface area contributed by atoms with E-state index in [1.54, 1.807) is 0 Å². The van der Waals surface area contributed by atoms with E-state index in [9.17, 15) is 20.4 Å². The van der Waals surface area contributed by atoms with E-state index < -0.39 is 30.0 Å². The molecule has 5 heteroatoms. The van der Waals surface area contributed by atoms with Gasteiger partial charge in [0, 0.05) is 0 Å². The topological polar surface area (TPSA) is 93.5 Å². The molecule has 2 saturated carbocycles. The monoisotopic (exact) mass is 378 g/mol. The minimum atomic E-state index is -1.17. The molecule has 1 heterocycles. The van der Waals surface area contributed by atoms with Gasteiger partial charge < -0.3 is 25.2 Å². The molecule has 0 radical (unpaired) electrons. The lowest BCUT2D eigenvalue weighted by Crippen LogP contribution is -2.57. The van der Waals surface area contributed by atoms with Crippen molar-refractivity contribution in [2.24, 2.45) is 22.7 Å². The fraction of sp³-hybridized carbons (Fsp3) is 0.818. The van der Waals surface area contributed by atoms with Gasteiger partial charge in [0.25, 0.3) is 0 Å². The van der Waals surface area contributed by atoms with E-state index in [1.807, 2.05) is 0 Å². The van der Waals surface area contributed by atoms with Gasteiger partial charge in [0.1, 0.15) is 30.0 Å². The first-order valence-corrected chi connectivity index (χ1v) is 10.2. The van der Waals surface area contributed by atoms with Crippen LogP contribution in [0.3, 0.4) is 0 Å². The molecular weight excluding hydrogens is 344 g/mol. The van der Waals surface area contributed by atoms with Crippen LogP contribution < -0.4 is 0 Å². The van der Waals surface area contributed by atoms with Crippen molar-refractivity contribution in [3.05, 3.63) is 23.8 Å². The van der Waals surface area contributed by atoms with E-state index in [4.69, 9.17) is 4.74 Å². The third-order valence-electron chi connectivity index (χ3n) is 8.67. The Balaban J connectivity index is 1.67. The van der Waals surface area contributed by atoms with Gasteiger partial charge in [-0.1, -0.05) is 39.0 Å². The van der Waals surface area contributed by atoms with E-state index in [0.29, 0.717) is 12.3 Å². The normalized spacial score (nSPS) is 54.0. The molecule has 3 aliphatic carbocycles. The molecule has 0 aromatic heterocycles. The third kappa shape index (κ3) is 2.48. The number of aliphatic hydroxyl groups is 4. The van der Waals surface area contributed by atoms with Crippen LogP contribution in [0.5, 0.6) is 0 Å². The molecule has 9 atom stereocenters. The minimum Gasteiger partial charge on any atom is -0.393 e. The van der Waals surface area contributed by atoms with Crippen LogP contribution in [0, 0.1) is 22.7 Å². The van der Waals surface area contributed by atoms with Crippen LogP contribution in [0.1, 0.15) is 53.4 Å². The molecule has 4 aliphatic rings. The van der Waals surface area contributed by atoms with E-state index in [1.165, 1.54) is 5.57 Å². The Morgan fingerprint density at radius 2 is 1.81 bits per heavy atom. The number of hydrogen-bond acceptors (Lipinski definition) is 5. The number of ether oxygens (including phenoxy) is 1. The minimum absolute atomic E-state index is 0.0170. The summed E-state index contributed by atoms with van der Waals surface area (Å²) in [5, 5.41) is 42.1.